The van der Waals surface area contributed by atoms with Crippen LogP contribution in [0.4, 0.5) is 0 Å². The number of carbonyl (C=O) groups is 2. The summed E-state index contributed by atoms with van der Waals surface area (Å²) in [6, 6.07) is 8.11. The maximum atomic E-state index is 12.2. The highest BCUT2D eigenvalue weighted by molar-refractivity contribution is 5.86. The van der Waals surface area contributed by atoms with Gasteiger partial charge in [-0.15, -0.1) is 0 Å². The van der Waals surface area contributed by atoms with Gasteiger partial charge < -0.3 is 10.1 Å². The summed E-state index contributed by atoms with van der Waals surface area (Å²) in [4.78, 5) is 26.1. The number of amides is 2. The van der Waals surface area contributed by atoms with Crippen LogP contribution in [-0.4, -0.2) is 49.6 Å². The highest BCUT2D eigenvalue weighted by Crippen LogP contribution is 2.25. The van der Waals surface area contributed by atoms with Gasteiger partial charge in [-0.3, -0.25) is 19.9 Å². The molecule has 0 spiro atoms. The van der Waals surface area contributed by atoms with E-state index in [1.165, 1.54) is 0 Å². The summed E-state index contributed by atoms with van der Waals surface area (Å²) < 4.78 is 5.37. The van der Waals surface area contributed by atoms with Crippen molar-refractivity contribution in [2.45, 2.75) is 12.1 Å². The Morgan fingerprint density at radius 3 is 2.71 bits per heavy atom. The molecule has 4 N–H and O–H groups in total. The first-order valence-electron chi connectivity index (χ1n) is 6.79. The predicted molar refractivity (Wildman–Crippen MR) is 76.9 cm³/mol. The van der Waals surface area contributed by atoms with Crippen molar-refractivity contribution < 1.29 is 14.3 Å². The van der Waals surface area contributed by atoms with Crippen molar-refractivity contribution in [1.29, 1.82) is 0 Å². The highest BCUT2D eigenvalue weighted by atomic mass is 16.5. The topological polar surface area (TPSA) is 96.7 Å². The first-order valence-corrected chi connectivity index (χ1v) is 6.79. The first kappa shape index (κ1) is 15.4. The van der Waals surface area contributed by atoms with Crippen LogP contribution < -0.4 is 16.6 Å². The van der Waals surface area contributed by atoms with E-state index in [1.807, 2.05) is 35.2 Å². The Balaban J connectivity index is 2.34. The molecular weight excluding hydrogens is 272 g/mol. The number of benzene rings is 1. The van der Waals surface area contributed by atoms with Gasteiger partial charge in [-0.25, -0.2) is 5.84 Å². The van der Waals surface area contributed by atoms with Gasteiger partial charge in [0.15, 0.2) is 0 Å². The van der Waals surface area contributed by atoms with Crippen molar-refractivity contribution >= 4 is 11.8 Å². The van der Waals surface area contributed by atoms with Crippen LogP contribution in [0.2, 0.25) is 0 Å². The summed E-state index contributed by atoms with van der Waals surface area (Å²) in [5.74, 6) is 4.78. The molecule has 0 radical (unpaired) electrons. The van der Waals surface area contributed by atoms with Crippen molar-refractivity contribution in [2.24, 2.45) is 5.84 Å². The van der Waals surface area contributed by atoms with Crippen molar-refractivity contribution in [3.8, 4) is 0 Å². The lowest BCUT2D eigenvalue weighted by Gasteiger charge is -2.39. The summed E-state index contributed by atoms with van der Waals surface area (Å²) in [6.45, 7) is 1.20. The monoisotopic (exact) mass is 292 g/mol. The lowest BCUT2D eigenvalue weighted by Crippen LogP contribution is -2.57. The molecule has 1 aliphatic rings. The molecule has 0 aliphatic carbocycles. The minimum Gasteiger partial charge on any atom is -0.378 e. The van der Waals surface area contributed by atoms with Crippen molar-refractivity contribution in [1.82, 2.24) is 15.6 Å². The number of carbonyl (C=O) groups excluding carboxylic acids is 2. The van der Waals surface area contributed by atoms with Gasteiger partial charge in [0.2, 0.25) is 5.91 Å². The summed E-state index contributed by atoms with van der Waals surface area (Å²) in [5.41, 5.74) is 2.97. The van der Waals surface area contributed by atoms with Gasteiger partial charge in [-0.2, -0.15) is 0 Å². The molecule has 1 aromatic rings. The lowest BCUT2D eigenvalue weighted by molar-refractivity contribution is -0.140. The molecule has 2 amide bonds. The zero-order chi connectivity index (χ0) is 15.2. The van der Waals surface area contributed by atoms with Gasteiger partial charge in [0.25, 0.3) is 5.91 Å². The van der Waals surface area contributed by atoms with Crippen LogP contribution in [0.1, 0.15) is 11.6 Å². The zero-order valence-corrected chi connectivity index (χ0v) is 11.9. The van der Waals surface area contributed by atoms with Gasteiger partial charge in [0, 0.05) is 13.6 Å². The number of likely N-dealkylation sites (N-methyl/N-ethyl adjacent to an activating group) is 1. The number of hydrogen-bond donors (Lipinski definition) is 3. The highest BCUT2D eigenvalue weighted by Gasteiger charge is 2.37. The molecular formula is C14H20N4O3. The maximum absolute atomic E-state index is 12.2. The average molecular weight is 292 g/mol. The molecule has 1 aromatic carbocycles. The molecule has 0 aromatic heterocycles. The van der Waals surface area contributed by atoms with Crippen LogP contribution >= 0.6 is 0 Å². The molecule has 2 unspecified atom stereocenters. The Kier molecular flexibility index (Phi) is 5.26. The predicted octanol–water partition coefficient (Wildman–Crippen LogP) is -0.836. The fourth-order valence-corrected chi connectivity index (χ4v) is 2.53. The largest absolute Gasteiger partial charge is 0.378 e. The summed E-state index contributed by atoms with van der Waals surface area (Å²) in [6.07, 6.45) is 0. The third-order valence-electron chi connectivity index (χ3n) is 3.56. The maximum Gasteiger partial charge on any atom is 0.255 e. The quantitative estimate of drug-likeness (QED) is 0.382. The number of rotatable bonds is 4. The Morgan fingerprint density at radius 2 is 2.10 bits per heavy atom. The van der Waals surface area contributed by atoms with Crippen LogP contribution in [0.25, 0.3) is 0 Å². The Bertz CT molecular complexity index is 494. The summed E-state index contributed by atoms with van der Waals surface area (Å²) >= 11 is 0. The first-order chi connectivity index (χ1) is 10.2. The van der Waals surface area contributed by atoms with Crippen LogP contribution in [0, 0.1) is 0 Å². The molecule has 114 valence electrons. The number of hydrogen-bond acceptors (Lipinski definition) is 5. The van der Waals surface area contributed by atoms with Gasteiger partial charge in [-0.1, -0.05) is 30.3 Å². The van der Waals surface area contributed by atoms with Crippen LogP contribution in [-0.2, 0) is 14.3 Å². The normalized spacial score (nSPS) is 20.6. The van der Waals surface area contributed by atoms with Gasteiger partial charge in [-0.05, 0) is 5.56 Å². The molecule has 0 saturated carbocycles. The third kappa shape index (κ3) is 3.38. The number of nitrogens with zero attached hydrogens (tertiary/aromatic N) is 1. The van der Waals surface area contributed by atoms with E-state index in [2.05, 4.69) is 10.7 Å². The molecule has 21 heavy (non-hydrogen) atoms. The van der Waals surface area contributed by atoms with Crippen molar-refractivity contribution in [3.63, 3.8) is 0 Å². The Morgan fingerprint density at radius 1 is 1.38 bits per heavy atom. The number of hydrazine groups is 1. The van der Waals surface area contributed by atoms with Crippen LogP contribution in [0.5, 0.6) is 0 Å². The van der Waals surface area contributed by atoms with Crippen LogP contribution in [0.15, 0.2) is 30.3 Å². The Hall–Kier alpha value is -1.96. The van der Waals surface area contributed by atoms with Crippen molar-refractivity contribution in [2.75, 3.05) is 26.8 Å². The molecule has 1 heterocycles. The second-order valence-electron chi connectivity index (χ2n) is 4.76. The van der Waals surface area contributed by atoms with E-state index >= 15 is 0 Å². The fraction of sp³-hybridized carbons (Fsp3) is 0.429. The molecule has 7 nitrogen and oxygen atoms in total. The number of morpholine rings is 1. The number of nitrogens with one attached hydrogen (secondary N) is 2. The summed E-state index contributed by atoms with van der Waals surface area (Å²) in [7, 11) is 1.57. The van der Waals surface area contributed by atoms with E-state index in [0.717, 1.165) is 5.56 Å². The smallest absolute Gasteiger partial charge is 0.255 e. The minimum atomic E-state index is -0.623. The van der Waals surface area contributed by atoms with Gasteiger partial charge in [0.1, 0.15) is 12.1 Å². The third-order valence-corrected chi connectivity index (χ3v) is 3.56. The second kappa shape index (κ2) is 7.16. The standard InChI is InChI=1S/C14H20N4O3/c1-16-13(19)11-9-21-8-7-18(11)12(14(20)17-15)10-5-3-2-4-6-10/h2-6,11-12H,7-9,15H2,1H3,(H,16,19)(H,17,20). The minimum absolute atomic E-state index is 0.180. The molecule has 2 atom stereocenters. The molecule has 0 bridgehead atoms. The second-order valence-corrected chi connectivity index (χ2v) is 4.76. The summed E-state index contributed by atoms with van der Waals surface area (Å²) in [5, 5.41) is 2.60. The van der Waals surface area contributed by atoms with Gasteiger partial charge in [0.05, 0.1) is 13.2 Å². The van der Waals surface area contributed by atoms with Crippen LogP contribution in [0.3, 0.4) is 0 Å². The molecule has 1 fully saturated rings. The lowest BCUT2D eigenvalue weighted by atomic mass is 10.0. The van der Waals surface area contributed by atoms with E-state index < -0.39 is 12.1 Å². The number of ether oxygens (including phenoxy) is 1. The van der Waals surface area contributed by atoms with E-state index in [9.17, 15) is 9.59 Å². The number of nitrogens with two attached hydrogens (primary N) is 1. The van der Waals surface area contributed by atoms with E-state index in [-0.39, 0.29) is 18.4 Å². The fourth-order valence-electron chi connectivity index (χ4n) is 2.53. The molecule has 1 saturated heterocycles. The van der Waals surface area contributed by atoms with Crippen molar-refractivity contribution in [3.05, 3.63) is 35.9 Å². The van der Waals surface area contributed by atoms with E-state index in [1.54, 1.807) is 7.05 Å². The van der Waals surface area contributed by atoms with Gasteiger partial charge >= 0.3 is 0 Å². The van der Waals surface area contributed by atoms with E-state index in [0.29, 0.717) is 13.2 Å². The molecule has 2 rings (SSSR count). The molecule has 1 aliphatic heterocycles. The Labute approximate surface area is 123 Å². The molecule has 7 heteroatoms. The van der Waals surface area contributed by atoms with E-state index in [4.69, 9.17) is 10.6 Å². The SMILES string of the molecule is CNC(=O)C1COCCN1C(C(=O)NN)c1ccccc1. The average Bonchev–Trinajstić information content (AvgIpc) is 2.55. The zero-order valence-electron chi connectivity index (χ0n) is 11.9.